The average Bonchev–Trinajstić information content (AvgIpc) is 3.42. The van der Waals surface area contributed by atoms with E-state index >= 15 is 0 Å². The molecule has 2 rings (SSSR count). The van der Waals surface area contributed by atoms with E-state index in [4.69, 9.17) is 10.8 Å². The second-order valence-electron chi connectivity index (χ2n) is 8.99. The summed E-state index contributed by atoms with van der Waals surface area (Å²) in [7, 11) is 0. The van der Waals surface area contributed by atoms with Crippen LogP contribution in [-0.4, -0.2) is 91.1 Å². The number of phenols is 1. The molecule has 0 spiro atoms. The molecular formula is C25H34N6O8S. The van der Waals surface area contributed by atoms with Crippen molar-refractivity contribution in [2.24, 2.45) is 5.73 Å². The van der Waals surface area contributed by atoms with Crippen molar-refractivity contribution < 1.29 is 39.3 Å². The van der Waals surface area contributed by atoms with Crippen LogP contribution in [0.15, 0.2) is 36.8 Å². The summed E-state index contributed by atoms with van der Waals surface area (Å²) in [4.78, 5) is 68.5. The van der Waals surface area contributed by atoms with E-state index < -0.39 is 53.8 Å². The van der Waals surface area contributed by atoms with Gasteiger partial charge in [-0.15, -0.1) is 0 Å². The average molecular weight is 579 g/mol. The topological polar surface area (TPSA) is 237 Å². The third kappa shape index (κ3) is 10.9. The number of carbonyl (C=O) groups is 5. The second kappa shape index (κ2) is 16.1. The Morgan fingerprint density at radius 3 is 2.12 bits per heavy atom. The Balaban J connectivity index is 2.16. The number of imidazole rings is 1. The molecule has 0 aliphatic carbocycles. The number of carboxylic acids is 2. The zero-order valence-electron chi connectivity index (χ0n) is 21.8. The van der Waals surface area contributed by atoms with Gasteiger partial charge in [0.15, 0.2) is 0 Å². The number of rotatable bonds is 17. The maximum Gasteiger partial charge on any atom is 0.326 e. The second-order valence-corrected chi connectivity index (χ2v) is 9.98. The van der Waals surface area contributed by atoms with Crippen LogP contribution in [0.5, 0.6) is 5.75 Å². The number of carbonyl (C=O) groups excluding carboxylic acids is 3. The Hall–Kier alpha value is -4.11. The molecule has 0 bridgehead atoms. The van der Waals surface area contributed by atoms with Gasteiger partial charge in [0.05, 0.1) is 12.4 Å². The van der Waals surface area contributed by atoms with Crippen molar-refractivity contribution in [1.29, 1.82) is 0 Å². The van der Waals surface area contributed by atoms with Gasteiger partial charge in [0.25, 0.3) is 0 Å². The summed E-state index contributed by atoms with van der Waals surface area (Å²) in [5.74, 6) is -4.12. The summed E-state index contributed by atoms with van der Waals surface area (Å²) < 4.78 is 0. The van der Waals surface area contributed by atoms with Crippen molar-refractivity contribution in [2.75, 3.05) is 12.0 Å². The number of nitrogens with one attached hydrogen (secondary N) is 4. The quantitative estimate of drug-likeness (QED) is 0.118. The SMILES string of the molecule is CSCCC(NC(=O)C(Cc1cnc[nH]1)NC(=O)C(N)CCC(=O)O)C(=O)NC(Cc1ccc(O)cc1)C(=O)O. The fourth-order valence-electron chi connectivity index (χ4n) is 3.63. The van der Waals surface area contributed by atoms with Crippen molar-refractivity contribution in [3.05, 3.63) is 48.0 Å². The van der Waals surface area contributed by atoms with Gasteiger partial charge in [0.2, 0.25) is 17.7 Å². The van der Waals surface area contributed by atoms with Gasteiger partial charge in [0, 0.05) is 31.2 Å². The normalized spacial score (nSPS) is 13.8. The molecule has 15 heteroatoms. The number of benzene rings is 1. The molecule has 4 unspecified atom stereocenters. The summed E-state index contributed by atoms with van der Waals surface area (Å²) in [6.45, 7) is 0. The number of H-pyrrole nitrogens is 1. The predicted molar refractivity (Wildman–Crippen MR) is 145 cm³/mol. The van der Waals surface area contributed by atoms with E-state index in [0.717, 1.165) is 0 Å². The minimum Gasteiger partial charge on any atom is -0.508 e. The number of aromatic amines is 1. The minimum atomic E-state index is -1.31. The maximum atomic E-state index is 13.3. The van der Waals surface area contributed by atoms with E-state index in [-0.39, 0.29) is 37.9 Å². The number of phenolic OH excluding ortho intramolecular Hbond substituents is 1. The molecular weight excluding hydrogens is 544 g/mol. The smallest absolute Gasteiger partial charge is 0.326 e. The predicted octanol–water partition coefficient (Wildman–Crippen LogP) is -0.615. The lowest BCUT2D eigenvalue weighted by Crippen LogP contribution is -2.58. The van der Waals surface area contributed by atoms with Crippen LogP contribution in [0.1, 0.15) is 30.5 Å². The number of aromatic hydroxyl groups is 1. The molecule has 0 saturated heterocycles. The zero-order valence-corrected chi connectivity index (χ0v) is 22.6. The lowest BCUT2D eigenvalue weighted by Gasteiger charge is -2.25. The van der Waals surface area contributed by atoms with Crippen LogP contribution in [0.3, 0.4) is 0 Å². The molecule has 1 heterocycles. The highest BCUT2D eigenvalue weighted by Crippen LogP contribution is 2.12. The molecule has 9 N–H and O–H groups in total. The fraction of sp³-hybridized carbons (Fsp3) is 0.440. The van der Waals surface area contributed by atoms with Crippen LogP contribution < -0.4 is 21.7 Å². The molecule has 4 atom stereocenters. The Labute approximate surface area is 234 Å². The Morgan fingerprint density at radius 1 is 0.925 bits per heavy atom. The summed E-state index contributed by atoms with van der Waals surface area (Å²) in [6.07, 6.45) is 4.26. The molecule has 1 aromatic heterocycles. The van der Waals surface area contributed by atoms with Crippen LogP contribution in [0.2, 0.25) is 0 Å². The largest absolute Gasteiger partial charge is 0.508 e. The van der Waals surface area contributed by atoms with Crippen molar-refractivity contribution >= 4 is 41.4 Å². The number of nitrogens with two attached hydrogens (primary N) is 1. The first kappa shape index (κ1) is 32.1. The summed E-state index contributed by atoms with van der Waals surface area (Å²) in [6, 6.07) is 1.07. The van der Waals surface area contributed by atoms with Gasteiger partial charge < -0.3 is 42.0 Å². The van der Waals surface area contributed by atoms with Crippen LogP contribution in [-0.2, 0) is 36.8 Å². The van der Waals surface area contributed by atoms with Gasteiger partial charge in [-0.2, -0.15) is 11.8 Å². The van der Waals surface area contributed by atoms with Crippen LogP contribution in [0, 0.1) is 0 Å². The maximum absolute atomic E-state index is 13.3. The zero-order chi connectivity index (χ0) is 29.7. The number of hydrogen-bond donors (Lipinski definition) is 8. The number of thioether (sulfide) groups is 1. The van der Waals surface area contributed by atoms with Crippen LogP contribution in [0.4, 0.5) is 0 Å². The van der Waals surface area contributed by atoms with Gasteiger partial charge in [-0.1, -0.05) is 12.1 Å². The van der Waals surface area contributed by atoms with Gasteiger partial charge in [-0.05, 0) is 42.5 Å². The molecule has 2 aromatic rings. The summed E-state index contributed by atoms with van der Waals surface area (Å²) in [5.41, 5.74) is 6.86. The van der Waals surface area contributed by atoms with E-state index in [1.807, 2.05) is 0 Å². The number of aromatic nitrogens is 2. The van der Waals surface area contributed by atoms with Gasteiger partial charge in [-0.25, -0.2) is 9.78 Å². The third-order valence-electron chi connectivity index (χ3n) is 5.85. The van der Waals surface area contributed by atoms with Gasteiger partial charge >= 0.3 is 11.9 Å². The lowest BCUT2D eigenvalue weighted by molar-refractivity contribution is -0.142. The van der Waals surface area contributed by atoms with Gasteiger partial charge in [-0.3, -0.25) is 19.2 Å². The standard InChI is InChI=1S/C25H34N6O8S/c1-40-9-8-18(23(36)31-20(25(38)39)10-14-2-4-16(32)5-3-14)29-24(37)19(11-15-12-27-13-28-15)30-22(35)17(26)6-7-21(33)34/h2-5,12-13,17-20,32H,6-11,26H2,1H3,(H,27,28)(H,29,37)(H,30,35)(H,31,36)(H,33,34)(H,38,39). The summed E-state index contributed by atoms with van der Waals surface area (Å²) >= 11 is 1.42. The number of nitrogens with zero attached hydrogens (tertiary/aromatic N) is 1. The highest BCUT2D eigenvalue weighted by molar-refractivity contribution is 7.98. The molecule has 1 aromatic carbocycles. The third-order valence-corrected chi connectivity index (χ3v) is 6.50. The first-order valence-electron chi connectivity index (χ1n) is 12.4. The van der Waals surface area contributed by atoms with Crippen LogP contribution >= 0.6 is 11.8 Å². The van der Waals surface area contributed by atoms with E-state index in [1.165, 1.54) is 48.6 Å². The van der Waals surface area contributed by atoms with E-state index in [1.54, 1.807) is 6.26 Å². The Morgan fingerprint density at radius 2 is 1.55 bits per heavy atom. The fourth-order valence-corrected chi connectivity index (χ4v) is 4.10. The Kier molecular flexibility index (Phi) is 12.9. The van der Waals surface area contributed by atoms with Crippen molar-refractivity contribution in [2.45, 2.75) is 56.3 Å². The molecule has 0 radical (unpaired) electrons. The van der Waals surface area contributed by atoms with E-state index in [0.29, 0.717) is 17.0 Å². The van der Waals surface area contributed by atoms with Crippen molar-refractivity contribution in [3.63, 3.8) is 0 Å². The van der Waals surface area contributed by atoms with E-state index in [2.05, 4.69) is 25.9 Å². The molecule has 3 amide bonds. The summed E-state index contributed by atoms with van der Waals surface area (Å²) in [5, 5.41) is 35.5. The van der Waals surface area contributed by atoms with Crippen LogP contribution in [0.25, 0.3) is 0 Å². The molecule has 14 nitrogen and oxygen atoms in total. The number of hydrogen-bond acceptors (Lipinski definition) is 9. The number of aliphatic carboxylic acids is 2. The first-order valence-corrected chi connectivity index (χ1v) is 13.7. The van der Waals surface area contributed by atoms with Crippen molar-refractivity contribution in [1.82, 2.24) is 25.9 Å². The monoisotopic (exact) mass is 578 g/mol. The molecule has 0 saturated carbocycles. The number of amides is 3. The van der Waals surface area contributed by atoms with E-state index in [9.17, 15) is 34.2 Å². The molecule has 40 heavy (non-hydrogen) atoms. The molecule has 218 valence electrons. The highest BCUT2D eigenvalue weighted by Gasteiger charge is 2.30. The molecule has 0 fully saturated rings. The minimum absolute atomic E-state index is 0.0131. The van der Waals surface area contributed by atoms with Gasteiger partial charge in [0.1, 0.15) is 23.9 Å². The lowest BCUT2D eigenvalue weighted by atomic mass is 10.0. The Bertz CT molecular complexity index is 1140. The molecule has 0 aliphatic rings. The first-order chi connectivity index (χ1) is 19.0. The molecule has 0 aliphatic heterocycles. The van der Waals surface area contributed by atoms with Crippen molar-refractivity contribution in [3.8, 4) is 5.75 Å². The highest BCUT2D eigenvalue weighted by atomic mass is 32.2. The number of carboxylic acid groups (broad SMARTS) is 2.